The van der Waals surface area contributed by atoms with Gasteiger partial charge in [-0.2, -0.15) is 0 Å². The van der Waals surface area contributed by atoms with Gasteiger partial charge in [0.1, 0.15) is 0 Å². The first kappa shape index (κ1) is 14.2. The molecule has 21 heavy (non-hydrogen) atoms. The highest BCUT2D eigenvalue weighted by Crippen LogP contribution is 2.41. The quantitative estimate of drug-likeness (QED) is 0.832. The van der Waals surface area contributed by atoms with Crippen molar-refractivity contribution in [3.05, 3.63) is 23.8 Å². The average molecular weight is 290 g/mol. The van der Waals surface area contributed by atoms with Gasteiger partial charge in [0, 0.05) is 24.7 Å². The number of nitrogens with one attached hydrogen (secondary N) is 2. The van der Waals surface area contributed by atoms with Crippen LogP contribution in [0.5, 0.6) is 11.5 Å². The van der Waals surface area contributed by atoms with Gasteiger partial charge in [-0.3, -0.25) is 4.79 Å². The van der Waals surface area contributed by atoms with Crippen LogP contribution in [0.1, 0.15) is 24.2 Å². The maximum absolute atomic E-state index is 12.3. The maximum Gasteiger partial charge on any atom is 0.251 e. The fraction of sp³-hybridized carbons (Fsp3) is 0.562. The van der Waals surface area contributed by atoms with Crippen LogP contribution in [0.15, 0.2) is 18.2 Å². The summed E-state index contributed by atoms with van der Waals surface area (Å²) in [6.07, 6.45) is 0. The molecule has 1 aliphatic heterocycles. The van der Waals surface area contributed by atoms with E-state index < -0.39 is 0 Å². The van der Waals surface area contributed by atoms with Crippen molar-refractivity contribution >= 4 is 5.91 Å². The Bertz CT molecular complexity index is 522. The molecule has 1 amide bonds. The summed E-state index contributed by atoms with van der Waals surface area (Å²) < 4.78 is 11.1. The molecule has 2 unspecified atom stereocenters. The molecule has 1 saturated heterocycles. The van der Waals surface area contributed by atoms with E-state index in [1.807, 2.05) is 13.8 Å². The van der Waals surface area contributed by atoms with Crippen LogP contribution in [-0.4, -0.2) is 38.3 Å². The number of fused-ring (bicyclic) bond motifs is 1. The first-order valence-electron chi connectivity index (χ1n) is 7.65. The summed E-state index contributed by atoms with van der Waals surface area (Å²) in [5.41, 5.74) is 0.625. The van der Waals surface area contributed by atoms with E-state index in [0.717, 1.165) is 13.1 Å². The Morgan fingerprint density at radius 1 is 1.19 bits per heavy atom. The minimum Gasteiger partial charge on any atom is -0.490 e. The molecule has 1 saturated carbocycles. The van der Waals surface area contributed by atoms with Gasteiger partial charge in [0.25, 0.3) is 5.91 Å². The van der Waals surface area contributed by atoms with Gasteiger partial charge in [-0.1, -0.05) is 0 Å². The first-order chi connectivity index (χ1) is 10.2. The van der Waals surface area contributed by atoms with E-state index in [1.54, 1.807) is 18.2 Å². The van der Waals surface area contributed by atoms with Gasteiger partial charge in [-0.15, -0.1) is 0 Å². The summed E-state index contributed by atoms with van der Waals surface area (Å²) in [7, 11) is 0. The molecule has 2 N–H and O–H groups in total. The van der Waals surface area contributed by atoms with Gasteiger partial charge in [0.2, 0.25) is 0 Å². The predicted octanol–water partition coefficient (Wildman–Crippen LogP) is 1.43. The first-order valence-corrected chi connectivity index (χ1v) is 7.65. The largest absolute Gasteiger partial charge is 0.490 e. The Kier molecular flexibility index (Phi) is 4.01. The molecule has 0 spiro atoms. The highest BCUT2D eigenvalue weighted by atomic mass is 16.5. The van der Waals surface area contributed by atoms with Gasteiger partial charge < -0.3 is 20.1 Å². The number of amides is 1. The third-order valence-corrected chi connectivity index (χ3v) is 4.20. The molecule has 0 aromatic heterocycles. The number of carbonyl (C=O) groups excluding carboxylic acids is 1. The summed E-state index contributed by atoms with van der Waals surface area (Å²) in [5, 5.41) is 6.44. The lowest BCUT2D eigenvalue weighted by Crippen LogP contribution is -2.32. The molecule has 2 atom stereocenters. The smallest absolute Gasteiger partial charge is 0.251 e. The molecule has 2 aliphatic rings. The number of hydrogen-bond donors (Lipinski definition) is 2. The normalized spacial score (nSPS) is 26.1. The molecular formula is C16H22N2O3. The molecule has 114 valence electrons. The number of hydrogen-bond acceptors (Lipinski definition) is 4. The van der Waals surface area contributed by atoms with Gasteiger partial charge in [-0.25, -0.2) is 0 Å². The van der Waals surface area contributed by atoms with E-state index >= 15 is 0 Å². The molecule has 2 fully saturated rings. The molecule has 1 heterocycles. The third-order valence-electron chi connectivity index (χ3n) is 4.20. The van der Waals surface area contributed by atoms with Gasteiger partial charge in [-0.05, 0) is 43.9 Å². The minimum absolute atomic E-state index is 0.0293. The molecule has 0 radical (unpaired) electrons. The lowest BCUT2D eigenvalue weighted by molar-refractivity contribution is 0.0946. The topological polar surface area (TPSA) is 59.6 Å². The second-order valence-electron chi connectivity index (χ2n) is 5.51. The summed E-state index contributed by atoms with van der Waals surface area (Å²) in [5.74, 6) is 2.51. The van der Waals surface area contributed by atoms with Crippen molar-refractivity contribution in [2.24, 2.45) is 11.8 Å². The molecule has 5 heteroatoms. The summed E-state index contributed by atoms with van der Waals surface area (Å²) >= 11 is 0. The Hall–Kier alpha value is -1.75. The zero-order valence-electron chi connectivity index (χ0n) is 12.5. The van der Waals surface area contributed by atoms with E-state index in [0.29, 0.717) is 48.2 Å². The Morgan fingerprint density at radius 2 is 1.86 bits per heavy atom. The number of piperidine rings is 1. The Labute approximate surface area is 125 Å². The van der Waals surface area contributed by atoms with Crippen molar-refractivity contribution in [3.8, 4) is 11.5 Å². The fourth-order valence-electron chi connectivity index (χ4n) is 3.06. The molecule has 0 bridgehead atoms. The molecule has 1 aromatic rings. The lowest BCUT2D eigenvalue weighted by Gasteiger charge is -2.13. The fourth-order valence-corrected chi connectivity index (χ4v) is 3.06. The van der Waals surface area contributed by atoms with Crippen molar-refractivity contribution < 1.29 is 14.3 Å². The molecule has 1 aliphatic carbocycles. The molecule has 3 rings (SSSR count). The average Bonchev–Trinajstić information content (AvgIpc) is 2.92. The Morgan fingerprint density at radius 3 is 2.52 bits per heavy atom. The lowest BCUT2D eigenvalue weighted by atomic mass is 10.2. The molecular weight excluding hydrogens is 268 g/mol. The highest BCUT2D eigenvalue weighted by Gasteiger charge is 2.53. The van der Waals surface area contributed by atoms with Crippen molar-refractivity contribution in [3.63, 3.8) is 0 Å². The van der Waals surface area contributed by atoms with Crippen molar-refractivity contribution in [1.82, 2.24) is 10.6 Å². The third kappa shape index (κ3) is 2.83. The van der Waals surface area contributed by atoms with Crippen LogP contribution in [0.3, 0.4) is 0 Å². The predicted molar refractivity (Wildman–Crippen MR) is 79.9 cm³/mol. The molecule has 5 nitrogen and oxygen atoms in total. The van der Waals surface area contributed by atoms with Crippen LogP contribution in [-0.2, 0) is 0 Å². The number of rotatable bonds is 6. The van der Waals surface area contributed by atoms with Crippen LogP contribution >= 0.6 is 0 Å². The van der Waals surface area contributed by atoms with Crippen LogP contribution < -0.4 is 20.1 Å². The van der Waals surface area contributed by atoms with E-state index in [9.17, 15) is 4.79 Å². The van der Waals surface area contributed by atoms with Crippen LogP contribution in [0, 0.1) is 11.8 Å². The van der Waals surface area contributed by atoms with Gasteiger partial charge in [0.15, 0.2) is 11.5 Å². The van der Waals surface area contributed by atoms with E-state index in [4.69, 9.17) is 9.47 Å². The highest BCUT2D eigenvalue weighted by molar-refractivity contribution is 5.95. The van der Waals surface area contributed by atoms with Crippen molar-refractivity contribution in [1.29, 1.82) is 0 Å². The van der Waals surface area contributed by atoms with Crippen molar-refractivity contribution in [2.75, 3.05) is 26.3 Å². The second kappa shape index (κ2) is 5.93. The van der Waals surface area contributed by atoms with E-state index in [-0.39, 0.29) is 5.91 Å². The second-order valence-corrected chi connectivity index (χ2v) is 5.51. The number of carbonyl (C=O) groups is 1. The van der Waals surface area contributed by atoms with E-state index in [2.05, 4.69) is 10.6 Å². The van der Waals surface area contributed by atoms with Gasteiger partial charge >= 0.3 is 0 Å². The summed E-state index contributed by atoms with van der Waals surface area (Å²) in [4.78, 5) is 12.3. The van der Waals surface area contributed by atoms with Crippen molar-refractivity contribution in [2.45, 2.75) is 19.9 Å². The SMILES string of the molecule is CCOc1ccc(C(=O)NC2C3CNCC32)cc1OCC. The zero-order chi connectivity index (χ0) is 14.8. The summed E-state index contributed by atoms with van der Waals surface area (Å²) in [6, 6.07) is 5.69. The van der Waals surface area contributed by atoms with Crippen LogP contribution in [0.2, 0.25) is 0 Å². The standard InChI is InChI=1S/C16H22N2O3/c1-3-20-13-6-5-10(7-14(13)21-4-2)16(19)18-15-11-8-17-9-12(11)15/h5-7,11-12,15,17H,3-4,8-9H2,1-2H3,(H,18,19). The number of ether oxygens (including phenoxy) is 2. The molecule has 1 aromatic carbocycles. The number of benzene rings is 1. The van der Waals surface area contributed by atoms with Crippen LogP contribution in [0.4, 0.5) is 0 Å². The minimum atomic E-state index is -0.0293. The van der Waals surface area contributed by atoms with Gasteiger partial charge in [0.05, 0.1) is 13.2 Å². The zero-order valence-corrected chi connectivity index (χ0v) is 12.5. The maximum atomic E-state index is 12.3. The van der Waals surface area contributed by atoms with Crippen LogP contribution in [0.25, 0.3) is 0 Å². The van der Waals surface area contributed by atoms with E-state index in [1.165, 1.54) is 0 Å². The summed E-state index contributed by atoms with van der Waals surface area (Å²) in [6.45, 7) is 7.00. The monoisotopic (exact) mass is 290 g/mol. The Balaban J connectivity index is 1.69.